The molecule has 0 radical (unpaired) electrons. The van der Waals surface area contributed by atoms with Crippen molar-refractivity contribution in [2.24, 2.45) is 0 Å². The van der Waals surface area contributed by atoms with Crippen LogP contribution in [0.15, 0.2) is 59.2 Å². The summed E-state index contributed by atoms with van der Waals surface area (Å²) in [6, 6.07) is 14.8. The molecule has 1 aliphatic heterocycles. The zero-order valence-corrected chi connectivity index (χ0v) is 21.7. The van der Waals surface area contributed by atoms with E-state index in [9.17, 15) is 14.9 Å². The van der Waals surface area contributed by atoms with Gasteiger partial charge in [0.1, 0.15) is 18.2 Å². The first-order valence-electron chi connectivity index (χ1n) is 12.2. The molecular weight excluding hydrogens is 476 g/mol. The first kappa shape index (κ1) is 27.0. The number of unbranched alkanes of at least 4 members (excludes halogenated alkanes) is 3. The van der Waals surface area contributed by atoms with Crippen molar-refractivity contribution < 1.29 is 19.1 Å². The van der Waals surface area contributed by atoms with Gasteiger partial charge in [0.15, 0.2) is 11.5 Å². The van der Waals surface area contributed by atoms with E-state index in [1.165, 1.54) is 4.90 Å². The second-order valence-corrected chi connectivity index (χ2v) is 8.98. The number of nitriles is 1. The predicted octanol–water partition coefficient (Wildman–Crippen LogP) is 6.49. The maximum absolute atomic E-state index is 13.3. The van der Waals surface area contributed by atoms with Crippen molar-refractivity contribution in [3.05, 3.63) is 75.3 Å². The van der Waals surface area contributed by atoms with Crippen molar-refractivity contribution in [1.29, 1.82) is 5.26 Å². The van der Waals surface area contributed by atoms with Crippen molar-refractivity contribution in [2.45, 2.75) is 53.1 Å². The molecule has 0 unspecified atom stereocenters. The van der Waals surface area contributed by atoms with Gasteiger partial charge in [0.05, 0.1) is 6.61 Å². The predicted molar refractivity (Wildman–Crippen MR) is 141 cm³/mol. The third kappa shape index (κ3) is 6.56. The van der Waals surface area contributed by atoms with Gasteiger partial charge in [0.25, 0.3) is 11.8 Å². The Kier molecular flexibility index (Phi) is 9.72. The molecule has 188 valence electrons. The molecule has 0 aromatic heterocycles. The third-order valence-corrected chi connectivity index (χ3v) is 6.20. The molecule has 0 saturated heterocycles. The molecule has 2 aromatic rings. The molecule has 2 aromatic carbocycles. The molecular formula is C29H31ClN2O4. The smallest absolute Gasteiger partial charge is 0.271 e. The topological polar surface area (TPSA) is 79.6 Å². The van der Waals surface area contributed by atoms with E-state index in [4.69, 9.17) is 21.1 Å². The fourth-order valence-corrected chi connectivity index (χ4v) is 4.07. The fourth-order valence-electron chi connectivity index (χ4n) is 3.94. The van der Waals surface area contributed by atoms with Gasteiger partial charge in [0, 0.05) is 17.1 Å². The first-order chi connectivity index (χ1) is 17.4. The molecule has 3 rings (SSSR count). The molecule has 1 heterocycles. The van der Waals surface area contributed by atoms with Crippen LogP contribution in [0, 0.1) is 11.3 Å². The molecule has 2 amide bonds. The lowest BCUT2D eigenvalue weighted by atomic mass is 9.93. The Morgan fingerprint density at radius 2 is 1.72 bits per heavy atom. The molecule has 0 N–H and O–H groups in total. The van der Waals surface area contributed by atoms with Gasteiger partial charge in [-0.05, 0) is 67.3 Å². The number of benzene rings is 2. The number of ether oxygens (including phenoxy) is 2. The minimum atomic E-state index is -0.519. The average molecular weight is 507 g/mol. The van der Waals surface area contributed by atoms with E-state index in [2.05, 4.69) is 6.92 Å². The monoisotopic (exact) mass is 506 g/mol. The molecule has 6 nitrogen and oxygen atoms in total. The highest BCUT2D eigenvalue weighted by molar-refractivity contribution is 6.30. The van der Waals surface area contributed by atoms with Gasteiger partial charge in [-0.15, -0.1) is 0 Å². The molecule has 7 heteroatoms. The summed E-state index contributed by atoms with van der Waals surface area (Å²) in [5, 5.41) is 10.3. The Morgan fingerprint density at radius 3 is 2.39 bits per heavy atom. The van der Waals surface area contributed by atoms with Crippen LogP contribution in [0.2, 0.25) is 5.02 Å². The summed E-state index contributed by atoms with van der Waals surface area (Å²) in [5.41, 5.74) is 2.40. The fraction of sp³-hybridized carbons (Fsp3) is 0.345. The number of nitrogens with zero attached hydrogens (tertiary/aromatic N) is 2. The number of hydrogen-bond acceptors (Lipinski definition) is 5. The van der Waals surface area contributed by atoms with E-state index in [1.54, 1.807) is 25.1 Å². The van der Waals surface area contributed by atoms with E-state index in [-0.39, 0.29) is 11.5 Å². The van der Waals surface area contributed by atoms with E-state index in [0.717, 1.165) is 24.8 Å². The second kappa shape index (κ2) is 12.9. The van der Waals surface area contributed by atoms with Crippen LogP contribution < -0.4 is 9.47 Å². The summed E-state index contributed by atoms with van der Waals surface area (Å²) in [6.07, 6.45) is 5.42. The lowest BCUT2D eigenvalue weighted by Gasteiger charge is -2.27. The molecule has 0 aliphatic carbocycles. The molecule has 1 aliphatic rings. The highest BCUT2D eigenvalue weighted by atomic mass is 35.5. The van der Waals surface area contributed by atoms with E-state index >= 15 is 0 Å². The summed E-state index contributed by atoms with van der Waals surface area (Å²) in [7, 11) is 0. The Bertz CT molecular complexity index is 1210. The van der Waals surface area contributed by atoms with Gasteiger partial charge in [-0.25, -0.2) is 0 Å². The van der Waals surface area contributed by atoms with E-state index < -0.39 is 5.91 Å². The van der Waals surface area contributed by atoms with Crippen LogP contribution >= 0.6 is 11.6 Å². The summed E-state index contributed by atoms with van der Waals surface area (Å²) < 4.78 is 11.8. The summed E-state index contributed by atoms with van der Waals surface area (Å²) >= 11 is 5.95. The minimum Gasteiger partial charge on any atom is -0.490 e. The number of carbonyl (C=O) groups is 2. The number of imide groups is 1. The van der Waals surface area contributed by atoms with Gasteiger partial charge < -0.3 is 9.47 Å². The quantitative estimate of drug-likeness (QED) is 0.198. The Morgan fingerprint density at radius 1 is 0.972 bits per heavy atom. The molecule has 0 saturated carbocycles. The Balaban J connectivity index is 1.88. The third-order valence-electron chi connectivity index (χ3n) is 5.95. The summed E-state index contributed by atoms with van der Waals surface area (Å²) in [5.74, 6) is 0.212. The first-order valence-corrected chi connectivity index (χ1v) is 12.6. The van der Waals surface area contributed by atoms with Crippen LogP contribution in [0.5, 0.6) is 11.5 Å². The van der Waals surface area contributed by atoms with Gasteiger partial charge in [-0.1, -0.05) is 56.0 Å². The van der Waals surface area contributed by atoms with Crippen molar-refractivity contribution in [2.75, 3.05) is 13.2 Å². The van der Waals surface area contributed by atoms with Crippen LogP contribution in [0.25, 0.3) is 6.08 Å². The highest BCUT2D eigenvalue weighted by Gasteiger charge is 2.35. The number of hydrogen-bond donors (Lipinski definition) is 0. The van der Waals surface area contributed by atoms with E-state index in [1.807, 2.05) is 43.3 Å². The average Bonchev–Trinajstić information content (AvgIpc) is 2.87. The number of amides is 2. The minimum absolute atomic E-state index is 0.00397. The van der Waals surface area contributed by atoms with Crippen LogP contribution in [0.3, 0.4) is 0 Å². The number of carbonyl (C=O) groups excluding carboxylic acids is 2. The van der Waals surface area contributed by atoms with Gasteiger partial charge in [-0.3, -0.25) is 14.5 Å². The lowest BCUT2D eigenvalue weighted by Crippen LogP contribution is -2.43. The van der Waals surface area contributed by atoms with Crippen molar-refractivity contribution in [3.63, 3.8) is 0 Å². The maximum atomic E-state index is 13.3. The van der Waals surface area contributed by atoms with Gasteiger partial charge in [0.2, 0.25) is 0 Å². The standard InChI is InChI=1S/C29H31ClN2O4/c1-4-6-7-8-15-32-28(33)24(20(3)25(18-31)29(32)34)16-22-11-14-26(27(17-22)35-5-2)36-19-21-9-12-23(30)13-10-21/h9-14,16-17H,4-8,15,19H2,1-3H3/b24-16+. The van der Waals surface area contributed by atoms with E-state index in [0.29, 0.717) is 59.4 Å². The summed E-state index contributed by atoms with van der Waals surface area (Å²) in [6.45, 7) is 6.71. The lowest BCUT2D eigenvalue weighted by molar-refractivity contribution is -0.140. The molecule has 0 atom stereocenters. The number of halogens is 1. The second-order valence-electron chi connectivity index (χ2n) is 8.55. The maximum Gasteiger partial charge on any atom is 0.271 e. The normalized spacial score (nSPS) is 14.9. The molecule has 36 heavy (non-hydrogen) atoms. The molecule has 0 spiro atoms. The van der Waals surface area contributed by atoms with Gasteiger partial charge >= 0.3 is 0 Å². The zero-order chi connectivity index (χ0) is 26.1. The number of rotatable bonds is 11. The van der Waals surface area contributed by atoms with Crippen LogP contribution in [0.1, 0.15) is 57.6 Å². The van der Waals surface area contributed by atoms with Crippen molar-refractivity contribution in [3.8, 4) is 17.6 Å². The summed E-state index contributed by atoms with van der Waals surface area (Å²) in [4.78, 5) is 27.2. The van der Waals surface area contributed by atoms with Gasteiger partial charge in [-0.2, -0.15) is 5.26 Å². The highest BCUT2D eigenvalue weighted by Crippen LogP contribution is 2.32. The van der Waals surface area contributed by atoms with Crippen molar-refractivity contribution >= 4 is 29.5 Å². The van der Waals surface area contributed by atoms with Crippen LogP contribution in [-0.2, 0) is 16.2 Å². The van der Waals surface area contributed by atoms with Crippen LogP contribution in [0.4, 0.5) is 0 Å². The Labute approximate surface area is 217 Å². The zero-order valence-electron chi connectivity index (χ0n) is 21.0. The Hall–Kier alpha value is -3.56. The SMILES string of the molecule is CCCCCCN1C(=O)C(C#N)=C(C)/C(=C\c2ccc(OCc3ccc(Cl)cc3)c(OCC)c2)C1=O. The van der Waals surface area contributed by atoms with Crippen molar-refractivity contribution in [1.82, 2.24) is 4.90 Å². The molecule has 0 bridgehead atoms. The van der Waals surface area contributed by atoms with Crippen LogP contribution in [-0.4, -0.2) is 29.9 Å². The largest absolute Gasteiger partial charge is 0.490 e. The molecule has 0 fully saturated rings.